The third-order valence-electron chi connectivity index (χ3n) is 4.15. The van der Waals surface area contributed by atoms with E-state index in [-0.39, 0.29) is 28.4 Å². The van der Waals surface area contributed by atoms with Crippen molar-refractivity contribution >= 4 is 17.6 Å². The Balaban J connectivity index is 2.33. The first kappa shape index (κ1) is 15.9. The van der Waals surface area contributed by atoms with Crippen LogP contribution in [0.25, 0.3) is 6.08 Å². The first-order valence-corrected chi connectivity index (χ1v) is 7.80. The van der Waals surface area contributed by atoms with E-state index in [9.17, 15) is 14.7 Å². The molecule has 2 aromatic carbocycles. The minimum Gasteiger partial charge on any atom is -0.507 e. The molecule has 0 bridgehead atoms. The Kier molecular flexibility index (Phi) is 3.94. The summed E-state index contributed by atoms with van der Waals surface area (Å²) < 4.78 is 0. The predicted molar refractivity (Wildman–Crippen MR) is 94.6 cm³/mol. The molecule has 0 fully saturated rings. The number of phenols is 1. The molecule has 0 spiro atoms. The molecule has 24 heavy (non-hydrogen) atoms. The quantitative estimate of drug-likeness (QED) is 0.732. The molecule has 2 aromatic rings. The van der Waals surface area contributed by atoms with E-state index in [1.165, 1.54) is 0 Å². The van der Waals surface area contributed by atoms with Crippen molar-refractivity contribution in [1.29, 1.82) is 0 Å². The second-order valence-electron chi connectivity index (χ2n) is 6.05. The number of aromatic hydroxyl groups is 1. The summed E-state index contributed by atoms with van der Waals surface area (Å²) in [5, 5.41) is 10.8. The van der Waals surface area contributed by atoms with Gasteiger partial charge in [-0.2, -0.15) is 0 Å². The van der Waals surface area contributed by atoms with Crippen LogP contribution in [0.2, 0.25) is 0 Å². The Labute approximate surface area is 141 Å². The summed E-state index contributed by atoms with van der Waals surface area (Å²) in [5.74, 6) is -0.660. The minimum absolute atomic E-state index is 0.100. The largest absolute Gasteiger partial charge is 0.507 e. The molecule has 1 aliphatic carbocycles. The van der Waals surface area contributed by atoms with Crippen molar-refractivity contribution in [3.8, 4) is 5.75 Å². The lowest BCUT2D eigenvalue weighted by Gasteiger charge is -2.21. The van der Waals surface area contributed by atoms with Crippen LogP contribution < -0.4 is 0 Å². The standard InChI is InChI=1S/C21H18O3/c1-4-7-13-11-17-18(21(24)16(13)10-12(2)3)20(23)15-9-6-5-8-14(15)19(17)22/h4-9,11,24H,2,10H2,1,3H3/b7-4+. The molecule has 0 heterocycles. The molecule has 3 nitrogen and oxygen atoms in total. The maximum absolute atomic E-state index is 12.8. The SMILES string of the molecule is C=C(C)Cc1c(/C=C/C)cc2c(c1O)C(=O)c1ccccc1C2=O. The second kappa shape index (κ2) is 5.93. The fourth-order valence-corrected chi connectivity index (χ4v) is 3.11. The summed E-state index contributed by atoms with van der Waals surface area (Å²) in [5.41, 5.74) is 3.31. The van der Waals surface area contributed by atoms with Gasteiger partial charge in [0.15, 0.2) is 11.6 Å². The van der Waals surface area contributed by atoms with Gasteiger partial charge in [-0.25, -0.2) is 0 Å². The molecule has 3 heteroatoms. The highest BCUT2D eigenvalue weighted by atomic mass is 16.3. The zero-order chi connectivity index (χ0) is 17.4. The smallest absolute Gasteiger partial charge is 0.198 e. The van der Waals surface area contributed by atoms with Crippen LogP contribution in [0.1, 0.15) is 56.8 Å². The van der Waals surface area contributed by atoms with E-state index in [0.29, 0.717) is 23.1 Å². The molecule has 0 aliphatic heterocycles. The molecule has 0 unspecified atom stereocenters. The zero-order valence-corrected chi connectivity index (χ0v) is 13.7. The Morgan fingerprint density at radius 2 is 1.75 bits per heavy atom. The van der Waals surface area contributed by atoms with Crippen molar-refractivity contribution in [3.63, 3.8) is 0 Å². The van der Waals surface area contributed by atoms with Crippen LogP contribution in [-0.2, 0) is 6.42 Å². The first-order valence-electron chi connectivity index (χ1n) is 7.80. The van der Waals surface area contributed by atoms with Crippen molar-refractivity contribution in [2.45, 2.75) is 20.3 Å². The molecular weight excluding hydrogens is 300 g/mol. The highest BCUT2D eigenvalue weighted by molar-refractivity contribution is 6.29. The van der Waals surface area contributed by atoms with Gasteiger partial charge >= 0.3 is 0 Å². The van der Waals surface area contributed by atoms with Crippen LogP contribution >= 0.6 is 0 Å². The molecule has 0 amide bonds. The van der Waals surface area contributed by atoms with Crippen LogP contribution in [0.3, 0.4) is 0 Å². The first-order chi connectivity index (χ1) is 11.5. The number of carbonyl (C=O) groups is 2. The van der Waals surface area contributed by atoms with E-state index in [2.05, 4.69) is 6.58 Å². The van der Waals surface area contributed by atoms with Gasteiger partial charge in [-0.05, 0) is 31.9 Å². The van der Waals surface area contributed by atoms with Crippen LogP contribution in [0.5, 0.6) is 5.75 Å². The third-order valence-corrected chi connectivity index (χ3v) is 4.15. The van der Waals surface area contributed by atoms with Crippen molar-refractivity contribution in [3.05, 3.63) is 81.9 Å². The number of carbonyl (C=O) groups excluding carboxylic acids is 2. The monoisotopic (exact) mass is 318 g/mol. The molecule has 0 saturated carbocycles. The number of ketones is 2. The van der Waals surface area contributed by atoms with Crippen molar-refractivity contribution < 1.29 is 14.7 Å². The van der Waals surface area contributed by atoms with E-state index in [1.807, 2.05) is 26.0 Å². The Morgan fingerprint density at radius 1 is 1.12 bits per heavy atom. The lowest BCUT2D eigenvalue weighted by molar-refractivity contribution is 0.0976. The lowest BCUT2D eigenvalue weighted by Crippen LogP contribution is -2.22. The highest BCUT2D eigenvalue weighted by Gasteiger charge is 2.33. The number of benzene rings is 2. The second-order valence-corrected chi connectivity index (χ2v) is 6.05. The number of allylic oxidation sites excluding steroid dienone is 2. The lowest BCUT2D eigenvalue weighted by atomic mass is 9.80. The van der Waals surface area contributed by atoms with Crippen molar-refractivity contribution in [2.75, 3.05) is 0 Å². The van der Waals surface area contributed by atoms with Crippen LogP contribution in [0.4, 0.5) is 0 Å². The Hall–Kier alpha value is -2.94. The van der Waals surface area contributed by atoms with Gasteiger partial charge < -0.3 is 5.11 Å². The summed E-state index contributed by atoms with van der Waals surface area (Å²) >= 11 is 0. The van der Waals surface area contributed by atoms with E-state index < -0.39 is 0 Å². The number of hydrogen-bond acceptors (Lipinski definition) is 3. The van der Waals surface area contributed by atoms with Crippen LogP contribution in [0, 0.1) is 0 Å². The van der Waals surface area contributed by atoms with Gasteiger partial charge in [-0.15, -0.1) is 0 Å². The van der Waals surface area contributed by atoms with Gasteiger partial charge in [0.1, 0.15) is 5.75 Å². The summed E-state index contributed by atoms with van der Waals surface area (Å²) in [4.78, 5) is 25.6. The van der Waals surface area contributed by atoms with Crippen molar-refractivity contribution in [1.82, 2.24) is 0 Å². The molecule has 0 atom stereocenters. The van der Waals surface area contributed by atoms with Gasteiger partial charge in [0.25, 0.3) is 0 Å². The number of rotatable bonds is 3. The molecule has 3 rings (SSSR count). The average molecular weight is 318 g/mol. The van der Waals surface area contributed by atoms with Gasteiger partial charge in [0.05, 0.1) is 5.56 Å². The summed E-state index contributed by atoms with van der Waals surface area (Å²) in [6, 6.07) is 8.42. The van der Waals surface area contributed by atoms with Gasteiger partial charge in [-0.3, -0.25) is 9.59 Å². The van der Waals surface area contributed by atoms with Gasteiger partial charge in [0.2, 0.25) is 0 Å². The summed E-state index contributed by atoms with van der Waals surface area (Å²) in [6.07, 6.45) is 4.12. The van der Waals surface area contributed by atoms with E-state index >= 15 is 0 Å². The van der Waals surface area contributed by atoms with E-state index in [1.54, 1.807) is 30.3 Å². The minimum atomic E-state index is -0.312. The van der Waals surface area contributed by atoms with Gasteiger partial charge in [0, 0.05) is 22.3 Å². The molecule has 0 saturated heterocycles. The number of hydrogen-bond donors (Lipinski definition) is 1. The maximum atomic E-state index is 12.8. The average Bonchev–Trinajstić information content (AvgIpc) is 2.55. The van der Waals surface area contributed by atoms with Crippen LogP contribution in [0.15, 0.2) is 48.6 Å². The normalized spacial score (nSPS) is 13.1. The van der Waals surface area contributed by atoms with Gasteiger partial charge in [-0.1, -0.05) is 48.6 Å². The van der Waals surface area contributed by atoms with Crippen molar-refractivity contribution in [2.24, 2.45) is 0 Å². The third kappa shape index (κ3) is 2.38. The summed E-state index contributed by atoms with van der Waals surface area (Å²) in [6.45, 7) is 7.61. The van der Waals surface area contributed by atoms with E-state index in [0.717, 1.165) is 11.1 Å². The molecule has 1 aliphatic rings. The maximum Gasteiger partial charge on any atom is 0.198 e. The Morgan fingerprint density at radius 3 is 2.33 bits per heavy atom. The fraction of sp³-hybridized carbons (Fsp3) is 0.143. The molecule has 120 valence electrons. The molecule has 0 aromatic heterocycles. The number of phenolic OH excluding ortho intramolecular Hbond substituents is 1. The fourth-order valence-electron chi connectivity index (χ4n) is 3.11. The van der Waals surface area contributed by atoms with Crippen LogP contribution in [-0.4, -0.2) is 16.7 Å². The molecule has 1 N–H and O–H groups in total. The molecular formula is C21H18O3. The topological polar surface area (TPSA) is 54.4 Å². The summed E-state index contributed by atoms with van der Waals surface area (Å²) in [7, 11) is 0. The Bertz CT molecular complexity index is 917. The predicted octanol–water partition coefficient (Wildman–Crippen LogP) is 4.32. The van der Waals surface area contributed by atoms with E-state index in [4.69, 9.17) is 0 Å². The zero-order valence-electron chi connectivity index (χ0n) is 13.7. The highest BCUT2D eigenvalue weighted by Crippen LogP contribution is 2.38. The number of fused-ring (bicyclic) bond motifs is 2. The molecule has 0 radical (unpaired) electrons.